The third kappa shape index (κ3) is 6.22. The molecule has 0 unspecified atom stereocenters. The van der Waals surface area contributed by atoms with Crippen LogP contribution in [0.4, 0.5) is 18.9 Å². The molecular weight excluding hydrogens is 661 g/mol. The number of nitro benzene ring substituents is 1. The highest BCUT2D eigenvalue weighted by Crippen LogP contribution is 2.43. The molecule has 0 aliphatic carbocycles. The van der Waals surface area contributed by atoms with Crippen LogP contribution in [-0.4, -0.2) is 20.1 Å². The SMILES string of the molecule is O=C1C(=Cc2cc(Br)c(Oc3ccc(C(F)(F)F)cc3[N+](=O)[O-])c(Br)c2)SC(=S)N1Cc1ccccc1. The van der Waals surface area contributed by atoms with Crippen LogP contribution in [0, 0.1) is 10.1 Å². The van der Waals surface area contributed by atoms with Crippen LogP contribution < -0.4 is 4.74 Å². The second-order valence-electron chi connectivity index (χ2n) is 7.61. The van der Waals surface area contributed by atoms with Crippen molar-refractivity contribution in [2.75, 3.05) is 0 Å². The smallest absolute Gasteiger partial charge is 0.416 e. The van der Waals surface area contributed by atoms with Gasteiger partial charge in [-0.2, -0.15) is 13.2 Å². The molecule has 37 heavy (non-hydrogen) atoms. The molecule has 0 N–H and O–H groups in total. The van der Waals surface area contributed by atoms with E-state index in [0.29, 0.717) is 42.4 Å². The molecule has 0 radical (unpaired) electrons. The molecular formula is C24H13Br2F3N2O4S2. The lowest BCUT2D eigenvalue weighted by molar-refractivity contribution is -0.385. The molecule has 1 amide bonds. The predicted octanol–water partition coefficient (Wildman–Crippen LogP) is 8.33. The standard InChI is InChI=1S/C24H13Br2F3N2O4S2/c25-16-8-14(10-20-22(32)30(23(36)37-20)12-13-4-2-1-3-5-13)9-17(26)21(16)35-19-7-6-15(24(27,28)29)11-18(19)31(33)34/h1-11H,12H2. The molecule has 4 rings (SSSR count). The lowest BCUT2D eigenvalue weighted by atomic mass is 10.1. The van der Waals surface area contributed by atoms with E-state index in [1.165, 1.54) is 4.90 Å². The molecule has 190 valence electrons. The minimum absolute atomic E-state index is 0.108. The fraction of sp³-hybridized carbons (Fsp3) is 0.0833. The Morgan fingerprint density at radius 1 is 1.08 bits per heavy atom. The van der Waals surface area contributed by atoms with E-state index in [4.69, 9.17) is 17.0 Å². The number of hydrogen-bond donors (Lipinski definition) is 0. The number of ether oxygens (including phenoxy) is 1. The van der Waals surface area contributed by atoms with Crippen molar-refractivity contribution in [2.24, 2.45) is 0 Å². The van der Waals surface area contributed by atoms with Crippen molar-refractivity contribution in [3.63, 3.8) is 0 Å². The highest BCUT2D eigenvalue weighted by atomic mass is 79.9. The first kappa shape index (κ1) is 27.3. The van der Waals surface area contributed by atoms with Gasteiger partial charge >= 0.3 is 11.9 Å². The van der Waals surface area contributed by atoms with Crippen LogP contribution in [0.25, 0.3) is 6.08 Å². The summed E-state index contributed by atoms with van der Waals surface area (Å²) in [6, 6.07) is 14.7. The van der Waals surface area contributed by atoms with Crippen LogP contribution in [0.3, 0.4) is 0 Å². The fourth-order valence-electron chi connectivity index (χ4n) is 3.35. The maximum atomic E-state index is 13.0. The number of thioether (sulfide) groups is 1. The summed E-state index contributed by atoms with van der Waals surface area (Å²) in [6.07, 6.45) is -3.10. The molecule has 0 saturated carbocycles. The molecule has 0 bridgehead atoms. The minimum atomic E-state index is -4.74. The lowest BCUT2D eigenvalue weighted by Crippen LogP contribution is -2.27. The van der Waals surface area contributed by atoms with Crippen molar-refractivity contribution >= 4 is 77.8 Å². The molecule has 3 aromatic carbocycles. The van der Waals surface area contributed by atoms with Gasteiger partial charge in [-0.05, 0) is 73.3 Å². The topological polar surface area (TPSA) is 72.7 Å². The zero-order chi connectivity index (χ0) is 26.9. The normalized spacial score (nSPS) is 14.9. The largest absolute Gasteiger partial charge is 0.448 e. The molecule has 1 saturated heterocycles. The van der Waals surface area contributed by atoms with E-state index in [1.54, 1.807) is 18.2 Å². The first-order valence-corrected chi connectivity index (χ1v) is 13.1. The van der Waals surface area contributed by atoms with Gasteiger partial charge in [0.25, 0.3) is 5.91 Å². The molecule has 13 heteroatoms. The van der Waals surface area contributed by atoms with Gasteiger partial charge < -0.3 is 4.74 Å². The Morgan fingerprint density at radius 2 is 1.73 bits per heavy atom. The van der Waals surface area contributed by atoms with E-state index < -0.39 is 22.4 Å². The van der Waals surface area contributed by atoms with Crippen molar-refractivity contribution in [3.8, 4) is 11.5 Å². The van der Waals surface area contributed by atoms with Gasteiger partial charge in [0.05, 0.1) is 30.9 Å². The van der Waals surface area contributed by atoms with E-state index in [9.17, 15) is 28.1 Å². The Morgan fingerprint density at radius 3 is 2.32 bits per heavy atom. The Bertz CT molecular complexity index is 1430. The van der Waals surface area contributed by atoms with Gasteiger partial charge in [-0.3, -0.25) is 19.8 Å². The number of amides is 1. The van der Waals surface area contributed by atoms with Gasteiger partial charge in [0, 0.05) is 6.07 Å². The van der Waals surface area contributed by atoms with Crippen LogP contribution in [-0.2, 0) is 17.5 Å². The van der Waals surface area contributed by atoms with Crippen LogP contribution in [0.2, 0.25) is 0 Å². The van der Waals surface area contributed by atoms with Gasteiger partial charge in [0.15, 0.2) is 5.75 Å². The van der Waals surface area contributed by atoms with Crippen molar-refractivity contribution < 1.29 is 27.6 Å². The van der Waals surface area contributed by atoms with Crippen LogP contribution in [0.1, 0.15) is 16.7 Å². The molecule has 3 aromatic rings. The average Bonchev–Trinajstić information content (AvgIpc) is 3.08. The van der Waals surface area contributed by atoms with Gasteiger partial charge in [-0.15, -0.1) is 0 Å². The molecule has 0 spiro atoms. The van der Waals surface area contributed by atoms with Crippen LogP contribution >= 0.6 is 55.8 Å². The molecule has 1 heterocycles. The summed E-state index contributed by atoms with van der Waals surface area (Å²) < 4.78 is 45.7. The maximum absolute atomic E-state index is 13.0. The van der Waals surface area contributed by atoms with Crippen molar-refractivity contribution in [1.82, 2.24) is 4.90 Å². The van der Waals surface area contributed by atoms with Gasteiger partial charge in [-0.25, -0.2) is 0 Å². The minimum Gasteiger partial charge on any atom is -0.448 e. The Labute approximate surface area is 234 Å². The van der Waals surface area contributed by atoms with Crippen molar-refractivity contribution in [2.45, 2.75) is 12.7 Å². The summed E-state index contributed by atoms with van der Waals surface area (Å²) in [5, 5.41) is 11.4. The van der Waals surface area contributed by atoms with Gasteiger partial charge in [-0.1, -0.05) is 54.3 Å². The molecule has 0 atom stereocenters. The third-order valence-electron chi connectivity index (χ3n) is 5.07. The van der Waals surface area contributed by atoms with Crippen LogP contribution in [0.5, 0.6) is 11.5 Å². The molecule has 1 fully saturated rings. The number of alkyl halides is 3. The van der Waals surface area contributed by atoms with E-state index in [0.717, 1.165) is 23.4 Å². The number of hydrogen-bond acceptors (Lipinski definition) is 6. The third-order valence-corrected chi connectivity index (χ3v) is 7.63. The highest BCUT2D eigenvalue weighted by Gasteiger charge is 2.34. The summed E-state index contributed by atoms with van der Waals surface area (Å²) in [5.41, 5.74) is -0.470. The Balaban J connectivity index is 1.59. The number of nitro groups is 1. The van der Waals surface area contributed by atoms with E-state index in [2.05, 4.69) is 31.9 Å². The summed E-state index contributed by atoms with van der Waals surface area (Å²) in [5.74, 6) is -0.502. The van der Waals surface area contributed by atoms with Gasteiger partial charge in [0.2, 0.25) is 5.75 Å². The second-order valence-corrected chi connectivity index (χ2v) is 11.0. The number of thiocarbonyl (C=S) groups is 1. The second kappa shape index (κ2) is 10.9. The molecule has 0 aromatic heterocycles. The Hall–Kier alpha value is -2.74. The number of halogens is 5. The molecule has 6 nitrogen and oxygen atoms in total. The fourth-order valence-corrected chi connectivity index (χ4v) is 5.99. The van der Waals surface area contributed by atoms with E-state index in [1.807, 2.05) is 30.3 Å². The first-order chi connectivity index (χ1) is 17.4. The van der Waals surface area contributed by atoms with Crippen LogP contribution in [0.15, 0.2) is 74.5 Å². The zero-order valence-corrected chi connectivity index (χ0v) is 23.1. The summed E-state index contributed by atoms with van der Waals surface area (Å²) in [4.78, 5) is 25.3. The maximum Gasteiger partial charge on any atom is 0.416 e. The van der Waals surface area contributed by atoms with Crippen molar-refractivity contribution in [1.29, 1.82) is 0 Å². The number of benzene rings is 3. The highest BCUT2D eigenvalue weighted by molar-refractivity contribution is 9.11. The monoisotopic (exact) mass is 672 g/mol. The lowest BCUT2D eigenvalue weighted by Gasteiger charge is -2.14. The number of nitrogens with zero attached hydrogens (tertiary/aromatic N) is 2. The summed E-state index contributed by atoms with van der Waals surface area (Å²) in [7, 11) is 0. The molecule has 1 aliphatic heterocycles. The number of carbonyl (C=O) groups is 1. The summed E-state index contributed by atoms with van der Waals surface area (Å²) in [6.45, 7) is 0.342. The summed E-state index contributed by atoms with van der Waals surface area (Å²) >= 11 is 13.2. The first-order valence-electron chi connectivity index (χ1n) is 10.3. The van der Waals surface area contributed by atoms with Crippen molar-refractivity contribution in [3.05, 3.63) is 101 Å². The van der Waals surface area contributed by atoms with Gasteiger partial charge in [0.1, 0.15) is 4.32 Å². The van der Waals surface area contributed by atoms with E-state index in [-0.39, 0.29) is 17.4 Å². The van der Waals surface area contributed by atoms with E-state index >= 15 is 0 Å². The quantitative estimate of drug-likeness (QED) is 0.113. The zero-order valence-electron chi connectivity index (χ0n) is 18.3. The number of carbonyl (C=O) groups excluding carboxylic acids is 1. The number of rotatable bonds is 6. The Kier molecular flexibility index (Phi) is 8.07. The predicted molar refractivity (Wildman–Crippen MR) is 145 cm³/mol. The average molecular weight is 674 g/mol. The molecule has 1 aliphatic rings.